The van der Waals surface area contributed by atoms with Gasteiger partial charge < -0.3 is 10.3 Å². The van der Waals surface area contributed by atoms with Crippen molar-refractivity contribution in [1.29, 1.82) is 0 Å². The van der Waals surface area contributed by atoms with Crippen LogP contribution in [0.4, 0.5) is 5.69 Å². The lowest BCUT2D eigenvalue weighted by Crippen LogP contribution is -2.11. The van der Waals surface area contributed by atoms with Crippen LogP contribution in [-0.2, 0) is 5.75 Å². The number of aromatic nitrogens is 3. The number of rotatable bonds is 6. The van der Waals surface area contributed by atoms with E-state index in [0.717, 1.165) is 33.2 Å². The maximum atomic E-state index is 12.7. The fraction of sp³-hybridized carbons (Fsp3) is 0.208. The van der Waals surface area contributed by atoms with Gasteiger partial charge in [0.15, 0.2) is 0 Å². The molecule has 1 aliphatic rings. The van der Waals surface area contributed by atoms with Crippen LogP contribution in [0.25, 0.3) is 11.0 Å². The zero-order valence-electron chi connectivity index (χ0n) is 16.5. The molecular weight excluding hydrogens is 392 g/mol. The van der Waals surface area contributed by atoms with E-state index in [4.69, 9.17) is 0 Å². The SMILES string of the molecule is O=C(Nc1ccc2nc(C3CCC3)[nH]c2c1)c1ccc(SCc2cccnc2)cc1. The van der Waals surface area contributed by atoms with E-state index in [9.17, 15) is 4.79 Å². The third-order valence-electron chi connectivity index (χ3n) is 5.49. The number of H-pyrrole nitrogens is 1. The van der Waals surface area contributed by atoms with E-state index in [1.807, 2.05) is 54.7 Å². The van der Waals surface area contributed by atoms with Gasteiger partial charge in [-0.05, 0) is 66.9 Å². The molecule has 4 aromatic rings. The number of nitrogens with zero attached hydrogens (tertiary/aromatic N) is 2. The van der Waals surface area contributed by atoms with Gasteiger partial charge in [0.1, 0.15) is 5.82 Å². The van der Waals surface area contributed by atoms with Gasteiger partial charge in [-0.1, -0.05) is 12.5 Å². The minimum Gasteiger partial charge on any atom is -0.342 e. The molecule has 5 rings (SSSR count). The molecule has 2 aromatic carbocycles. The lowest BCUT2D eigenvalue weighted by Gasteiger charge is -2.22. The molecule has 6 heteroatoms. The summed E-state index contributed by atoms with van der Waals surface area (Å²) in [5, 5.41) is 2.99. The van der Waals surface area contributed by atoms with E-state index in [1.54, 1.807) is 18.0 Å². The number of fused-ring (bicyclic) bond motifs is 1. The number of amides is 1. The second-order valence-corrected chi connectivity index (χ2v) is 8.66. The Bertz CT molecular complexity index is 1170. The molecule has 1 fully saturated rings. The third kappa shape index (κ3) is 4.09. The quantitative estimate of drug-likeness (QED) is 0.393. The van der Waals surface area contributed by atoms with Crippen LogP contribution in [-0.4, -0.2) is 20.9 Å². The summed E-state index contributed by atoms with van der Waals surface area (Å²) in [6.45, 7) is 0. The van der Waals surface area contributed by atoms with E-state index < -0.39 is 0 Å². The standard InChI is InChI=1S/C24H22N4OS/c29-24(18-6-9-20(10-7-18)30-15-16-3-2-12-25-14-16)26-19-8-11-21-22(13-19)28-23(27-21)17-4-1-5-17/h2-3,6-14,17H,1,4-5,15H2,(H,26,29)(H,27,28). The van der Waals surface area contributed by atoms with Crippen LogP contribution in [0.5, 0.6) is 0 Å². The van der Waals surface area contributed by atoms with E-state index >= 15 is 0 Å². The number of carbonyl (C=O) groups is 1. The molecule has 0 unspecified atom stereocenters. The number of benzene rings is 2. The van der Waals surface area contributed by atoms with Crippen LogP contribution in [0.3, 0.4) is 0 Å². The van der Waals surface area contributed by atoms with Crippen molar-refractivity contribution < 1.29 is 4.79 Å². The Kier molecular flexibility index (Phi) is 5.24. The van der Waals surface area contributed by atoms with Gasteiger partial charge in [0.2, 0.25) is 0 Å². The van der Waals surface area contributed by atoms with Gasteiger partial charge in [0.05, 0.1) is 11.0 Å². The third-order valence-corrected chi connectivity index (χ3v) is 6.58. The molecule has 0 radical (unpaired) electrons. The Morgan fingerprint density at radius 3 is 2.73 bits per heavy atom. The molecule has 2 N–H and O–H groups in total. The fourth-order valence-electron chi connectivity index (χ4n) is 3.54. The maximum absolute atomic E-state index is 12.7. The molecule has 1 aliphatic carbocycles. The molecule has 1 amide bonds. The highest BCUT2D eigenvalue weighted by Crippen LogP contribution is 2.35. The highest BCUT2D eigenvalue weighted by molar-refractivity contribution is 7.98. The first-order chi connectivity index (χ1) is 14.7. The van der Waals surface area contributed by atoms with Crippen LogP contribution in [0.15, 0.2) is 71.9 Å². The average molecular weight is 415 g/mol. The monoisotopic (exact) mass is 414 g/mol. The van der Waals surface area contributed by atoms with E-state index in [2.05, 4.69) is 26.3 Å². The zero-order chi connectivity index (χ0) is 20.3. The van der Waals surface area contributed by atoms with Crippen molar-refractivity contribution in [3.8, 4) is 0 Å². The van der Waals surface area contributed by atoms with Gasteiger partial charge in [0.25, 0.3) is 5.91 Å². The molecule has 0 saturated heterocycles. The fourth-order valence-corrected chi connectivity index (χ4v) is 4.37. The van der Waals surface area contributed by atoms with Gasteiger partial charge in [-0.25, -0.2) is 4.98 Å². The molecule has 0 bridgehead atoms. The summed E-state index contributed by atoms with van der Waals surface area (Å²) in [5.41, 5.74) is 4.51. The minimum atomic E-state index is -0.114. The second-order valence-electron chi connectivity index (χ2n) is 7.61. The summed E-state index contributed by atoms with van der Waals surface area (Å²) in [6, 6.07) is 17.5. The zero-order valence-corrected chi connectivity index (χ0v) is 17.3. The smallest absolute Gasteiger partial charge is 0.255 e. The first-order valence-electron chi connectivity index (χ1n) is 10.2. The number of thioether (sulfide) groups is 1. The molecule has 1 saturated carbocycles. The van der Waals surface area contributed by atoms with E-state index in [0.29, 0.717) is 11.5 Å². The lowest BCUT2D eigenvalue weighted by molar-refractivity contribution is 0.102. The number of aromatic amines is 1. The van der Waals surface area contributed by atoms with Crippen molar-refractivity contribution >= 4 is 34.4 Å². The van der Waals surface area contributed by atoms with Gasteiger partial charge in [-0.15, -0.1) is 11.8 Å². The summed E-state index contributed by atoms with van der Waals surface area (Å²) in [5.74, 6) is 2.37. The average Bonchev–Trinajstić information content (AvgIpc) is 3.14. The van der Waals surface area contributed by atoms with E-state index in [1.165, 1.54) is 24.8 Å². The van der Waals surface area contributed by atoms with Gasteiger partial charge in [-0.2, -0.15) is 0 Å². The van der Waals surface area contributed by atoms with Gasteiger partial charge in [0, 0.05) is 40.2 Å². The molecule has 5 nitrogen and oxygen atoms in total. The molecule has 0 atom stereocenters. The highest BCUT2D eigenvalue weighted by atomic mass is 32.2. The van der Waals surface area contributed by atoms with Gasteiger partial charge in [-0.3, -0.25) is 9.78 Å². The summed E-state index contributed by atoms with van der Waals surface area (Å²) in [4.78, 5) is 26.0. The first kappa shape index (κ1) is 18.9. The number of pyridine rings is 1. The van der Waals surface area contributed by atoms with Crippen LogP contribution < -0.4 is 5.32 Å². The predicted molar refractivity (Wildman–Crippen MR) is 121 cm³/mol. The number of hydrogen-bond donors (Lipinski definition) is 2. The molecule has 30 heavy (non-hydrogen) atoms. The second kappa shape index (κ2) is 8.32. The Balaban J connectivity index is 1.23. The summed E-state index contributed by atoms with van der Waals surface area (Å²) < 4.78 is 0. The van der Waals surface area contributed by atoms with Crippen molar-refractivity contribution in [3.05, 3.63) is 83.9 Å². The van der Waals surface area contributed by atoms with Crippen molar-refractivity contribution in [2.24, 2.45) is 0 Å². The summed E-state index contributed by atoms with van der Waals surface area (Å²) in [6.07, 6.45) is 7.35. The normalized spacial score (nSPS) is 13.9. The van der Waals surface area contributed by atoms with Crippen molar-refractivity contribution in [2.45, 2.75) is 35.8 Å². The van der Waals surface area contributed by atoms with Crippen LogP contribution in [0, 0.1) is 0 Å². The maximum Gasteiger partial charge on any atom is 0.255 e. The Hall–Kier alpha value is -3.12. The number of nitrogens with one attached hydrogen (secondary N) is 2. The highest BCUT2D eigenvalue weighted by Gasteiger charge is 2.22. The van der Waals surface area contributed by atoms with Crippen LogP contribution >= 0.6 is 11.8 Å². The number of carbonyl (C=O) groups excluding carboxylic acids is 1. The number of hydrogen-bond acceptors (Lipinski definition) is 4. The van der Waals surface area contributed by atoms with Crippen LogP contribution in [0.2, 0.25) is 0 Å². The Morgan fingerprint density at radius 2 is 2.00 bits per heavy atom. The van der Waals surface area contributed by atoms with Crippen molar-refractivity contribution in [3.63, 3.8) is 0 Å². The van der Waals surface area contributed by atoms with Crippen molar-refractivity contribution in [1.82, 2.24) is 15.0 Å². The van der Waals surface area contributed by atoms with Crippen molar-refractivity contribution in [2.75, 3.05) is 5.32 Å². The molecular formula is C24H22N4OS. The summed E-state index contributed by atoms with van der Waals surface area (Å²) >= 11 is 1.73. The molecule has 2 aromatic heterocycles. The summed E-state index contributed by atoms with van der Waals surface area (Å²) in [7, 11) is 0. The molecule has 150 valence electrons. The molecule has 2 heterocycles. The first-order valence-corrected chi connectivity index (χ1v) is 11.2. The van der Waals surface area contributed by atoms with Crippen LogP contribution in [0.1, 0.15) is 46.9 Å². The Labute approximate surface area is 179 Å². The largest absolute Gasteiger partial charge is 0.342 e. The minimum absolute atomic E-state index is 0.114. The predicted octanol–water partition coefficient (Wildman–Crippen LogP) is 5.77. The van der Waals surface area contributed by atoms with E-state index in [-0.39, 0.29) is 5.91 Å². The lowest BCUT2D eigenvalue weighted by atomic mass is 9.85. The van der Waals surface area contributed by atoms with Gasteiger partial charge >= 0.3 is 0 Å². The number of anilines is 1. The molecule has 0 aliphatic heterocycles. The number of imidazole rings is 1. The molecule has 0 spiro atoms. The Morgan fingerprint density at radius 1 is 1.13 bits per heavy atom. The topological polar surface area (TPSA) is 70.7 Å².